The van der Waals surface area contributed by atoms with Crippen molar-refractivity contribution >= 4 is 15.9 Å². The number of carbonyl (C=O) groups is 1. The van der Waals surface area contributed by atoms with Gasteiger partial charge in [-0.25, -0.2) is 17.2 Å². The maximum Gasteiger partial charge on any atom is 0.243 e. The van der Waals surface area contributed by atoms with Gasteiger partial charge in [-0.15, -0.1) is 0 Å². The summed E-state index contributed by atoms with van der Waals surface area (Å²) in [5.41, 5.74) is 0. The van der Waals surface area contributed by atoms with Crippen LogP contribution in [0.1, 0.15) is 12.8 Å². The van der Waals surface area contributed by atoms with Crippen LogP contribution in [0.15, 0.2) is 53.4 Å². The Balaban J connectivity index is 1.43. The monoisotopic (exact) mass is 424 g/mol. The van der Waals surface area contributed by atoms with Crippen molar-refractivity contribution in [3.05, 3.63) is 60.2 Å². The van der Waals surface area contributed by atoms with Gasteiger partial charge < -0.3 is 10.1 Å². The molecule has 156 valence electrons. The first-order chi connectivity index (χ1) is 13.9. The molecule has 0 aliphatic carbocycles. The summed E-state index contributed by atoms with van der Waals surface area (Å²) in [5, 5.41) is 2.78. The molecule has 6 nitrogen and oxygen atoms in total. The predicted molar refractivity (Wildman–Crippen MR) is 103 cm³/mol. The number of rotatable bonds is 7. The van der Waals surface area contributed by atoms with Crippen LogP contribution in [0.25, 0.3) is 0 Å². The smallest absolute Gasteiger partial charge is 0.243 e. The zero-order valence-corrected chi connectivity index (χ0v) is 16.5. The maximum atomic E-state index is 13.0. The quantitative estimate of drug-likeness (QED) is 0.694. The van der Waals surface area contributed by atoms with Crippen LogP contribution in [0.3, 0.4) is 0 Å². The standard InChI is InChI=1S/C20H22F2N2O4S/c21-16-1-5-18(6-2-16)28-14-11-23-20(25)15-9-12-24(13-10-15)29(26,27)19-7-3-17(22)4-8-19/h1-8,15H,9-14H2,(H,23,25). The zero-order chi connectivity index (χ0) is 20.9. The van der Waals surface area contributed by atoms with Crippen molar-refractivity contribution in [3.8, 4) is 5.75 Å². The van der Waals surface area contributed by atoms with Crippen LogP contribution < -0.4 is 10.1 Å². The average molecular weight is 424 g/mol. The van der Waals surface area contributed by atoms with Crippen LogP contribution in [-0.2, 0) is 14.8 Å². The van der Waals surface area contributed by atoms with Crippen LogP contribution in [0.2, 0.25) is 0 Å². The molecule has 0 bridgehead atoms. The Morgan fingerprint density at radius 3 is 2.14 bits per heavy atom. The molecule has 29 heavy (non-hydrogen) atoms. The summed E-state index contributed by atoms with van der Waals surface area (Å²) >= 11 is 0. The van der Waals surface area contributed by atoms with E-state index in [1.54, 1.807) is 0 Å². The van der Waals surface area contributed by atoms with Gasteiger partial charge >= 0.3 is 0 Å². The fraction of sp³-hybridized carbons (Fsp3) is 0.350. The van der Waals surface area contributed by atoms with Crippen molar-refractivity contribution in [3.63, 3.8) is 0 Å². The number of hydrogen-bond acceptors (Lipinski definition) is 4. The van der Waals surface area contributed by atoms with Gasteiger partial charge in [-0.2, -0.15) is 4.31 Å². The Labute approximate surface area is 168 Å². The summed E-state index contributed by atoms with van der Waals surface area (Å²) in [5.74, 6) is -0.756. The van der Waals surface area contributed by atoms with Crippen LogP contribution in [0, 0.1) is 17.6 Å². The van der Waals surface area contributed by atoms with E-state index in [9.17, 15) is 22.0 Å². The van der Waals surface area contributed by atoms with Crippen molar-refractivity contribution in [2.24, 2.45) is 5.92 Å². The molecule has 1 fully saturated rings. The minimum atomic E-state index is -3.69. The van der Waals surface area contributed by atoms with E-state index in [4.69, 9.17) is 4.74 Å². The van der Waals surface area contributed by atoms with Crippen LogP contribution >= 0.6 is 0 Å². The second-order valence-electron chi connectivity index (χ2n) is 6.73. The van der Waals surface area contributed by atoms with Crippen molar-refractivity contribution in [1.82, 2.24) is 9.62 Å². The number of ether oxygens (including phenoxy) is 1. The van der Waals surface area contributed by atoms with E-state index in [1.165, 1.54) is 40.7 Å². The maximum absolute atomic E-state index is 13.0. The van der Waals surface area contributed by atoms with Crippen LogP contribution in [-0.4, -0.2) is 44.9 Å². The molecule has 0 unspecified atom stereocenters. The van der Waals surface area contributed by atoms with Crippen molar-refractivity contribution in [2.45, 2.75) is 17.7 Å². The molecule has 0 saturated carbocycles. The normalized spacial score (nSPS) is 15.8. The van der Waals surface area contributed by atoms with Gasteiger partial charge in [0.2, 0.25) is 15.9 Å². The number of carbonyl (C=O) groups excluding carboxylic acids is 1. The van der Waals surface area contributed by atoms with E-state index >= 15 is 0 Å². The molecule has 0 radical (unpaired) electrons. The molecule has 3 rings (SSSR count). The van der Waals surface area contributed by atoms with Crippen LogP contribution in [0.4, 0.5) is 8.78 Å². The molecule has 1 aliphatic rings. The first-order valence-electron chi connectivity index (χ1n) is 9.28. The highest BCUT2D eigenvalue weighted by atomic mass is 32.2. The van der Waals surface area contributed by atoms with Gasteiger partial charge in [0.1, 0.15) is 24.0 Å². The Bertz CT molecular complexity index is 926. The first kappa shape index (κ1) is 21.2. The van der Waals surface area contributed by atoms with E-state index < -0.39 is 15.8 Å². The van der Waals surface area contributed by atoms with Gasteiger partial charge in [0.05, 0.1) is 11.4 Å². The minimum absolute atomic E-state index is 0.0414. The van der Waals surface area contributed by atoms with Gasteiger partial charge in [-0.05, 0) is 61.4 Å². The Morgan fingerprint density at radius 2 is 1.55 bits per heavy atom. The molecule has 0 atom stereocenters. The lowest BCUT2D eigenvalue weighted by Crippen LogP contribution is -2.43. The number of amides is 1. The third kappa shape index (κ3) is 5.51. The Morgan fingerprint density at radius 1 is 1.00 bits per heavy atom. The highest BCUT2D eigenvalue weighted by Gasteiger charge is 2.31. The van der Waals surface area contributed by atoms with Gasteiger partial charge in [0.15, 0.2) is 0 Å². The molecular formula is C20H22F2N2O4S. The molecular weight excluding hydrogens is 402 g/mol. The summed E-state index contributed by atoms with van der Waals surface area (Å²) in [7, 11) is -3.69. The Hall–Kier alpha value is -2.52. The van der Waals surface area contributed by atoms with Crippen molar-refractivity contribution in [2.75, 3.05) is 26.2 Å². The molecule has 1 heterocycles. The molecule has 0 spiro atoms. The van der Waals surface area contributed by atoms with Gasteiger partial charge in [0.25, 0.3) is 0 Å². The van der Waals surface area contributed by atoms with E-state index in [1.807, 2.05) is 0 Å². The first-order valence-corrected chi connectivity index (χ1v) is 10.7. The number of sulfonamides is 1. The third-order valence-corrected chi connectivity index (χ3v) is 6.67. The molecule has 1 saturated heterocycles. The highest BCUT2D eigenvalue weighted by molar-refractivity contribution is 7.89. The van der Waals surface area contributed by atoms with E-state index in [-0.39, 0.29) is 42.2 Å². The average Bonchev–Trinajstić information content (AvgIpc) is 2.73. The molecule has 2 aromatic carbocycles. The lowest BCUT2D eigenvalue weighted by atomic mass is 9.97. The largest absolute Gasteiger partial charge is 0.492 e. The van der Waals surface area contributed by atoms with Crippen molar-refractivity contribution in [1.29, 1.82) is 0 Å². The summed E-state index contributed by atoms with van der Waals surface area (Å²) in [6, 6.07) is 10.3. The topological polar surface area (TPSA) is 75.7 Å². The zero-order valence-electron chi connectivity index (χ0n) is 15.7. The van der Waals surface area contributed by atoms with Crippen molar-refractivity contribution < 1.29 is 26.7 Å². The van der Waals surface area contributed by atoms with E-state index in [0.29, 0.717) is 25.1 Å². The number of nitrogens with zero attached hydrogens (tertiary/aromatic N) is 1. The van der Waals surface area contributed by atoms with Gasteiger partial charge in [0, 0.05) is 19.0 Å². The fourth-order valence-corrected chi connectivity index (χ4v) is 4.60. The summed E-state index contributed by atoms with van der Waals surface area (Å²) in [6.07, 6.45) is 0.816. The molecule has 1 N–H and O–H groups in total. The second kappa shape index (κ2) is 9.32. The molecule has 1 amide bonds. The highest BCUT2D eigenvalue weighted by Crippen LogP contribution is 2.24. The molecule has 0 aromatic heterocycles. The fourth-order valence-electron chi connectivity index (χ4n) is 3.13. The number of benzene rings is 2. The van der Waals surface area contributed by atoms with Gasteiger partial charge in [-0.1, -0.05) is 0 Å². The van der Waals surface area contributed by atoms with Crippen LogP contribution in [0.5, 0.6) is 5.75 Å². The van der Waals surface area contributed by atoms with E-state index in [2.05, 4.69) is 5.32 Å². The minimum Gasteiger partial charge on any atom is -0.492 e. The summed E-state index contributed by atoms with van der Waals surface area (Å²) in [4.78, 5) is 12.3. The third-order valence-electron chi connectivity index (χ3n) is 4.76. The number of piperidine rings is 1. The summed E-state index contributed by atoms with van der Waals surface area (Å²) in [6.45, 7) is 0.993. The number of hydrogen-bond donors (Lipinski definition) is 1. The molecule has 9 heteroatoms. The number of halogens is 2. The van der Waals surface area contributed by atoms with E-state index in [0.717, 1.165) is 12.1 Å². The SMILES string of the molecule is O=C(NCCOc1ccc(F)cc1)C1CCN(S(=O)(=O)c2ccc(F)cc2)CC1. The summed E-state index contributed by atoms with van der Waals surface area (Å²) < 4.78 is 57.8. The Kier molecular flexibility index (Phi) is 6.81. The van der Waals surface area contributed by atoms with Gasteiger partial charge in [-0.3, -0.25) is 4.79 Å². The number of nitrogens with one attached hydrogen (secondary N) is 1. The lowest BCUT2D eigenvalue weighted by molar-refractivity contribution is -0.126. The molecule has 1 aliphatic heterocycles. The predicted octanol–water partition coefficient (Wildman–Crippen LogP) is 2.56. The second-order valence-corrected chi connectivity index (χ2v) is 8.66. The lowest BCUT2D eigenvalue weighted by Gasteiger charge is -2.30. The molecule has 2 aromatic rings.